The van der Waals surface area contributed by atoms with E-state index in [0.29, 0.717) is 0 Å². The van der Waals surface area contributed by atoms with E-state index in [0.717, 1.165) is 29.9 Å². The fraction of sp³-hybridized carbons (Fsp3) is 0.667. The molecule has 0 spiro atoms. The Morgan fingerprint density at radius 2 is 2.24 bits per heavy atom. The molecule has 0 bridgehead atoms. The minimum atomic E-state index is -0.709. The number of nitrogens with one attached hydrogen (secondary N) is 1. The van der Waals surface area contributed by atoms with Gasteiger partial charge in [-0.25, -0.2) is 0 Å². The molecule has 1 aliphatic rings. The standard InChI is InChI=1S/C12H18N2O3/c1-6(11-7(2)14-17-8(11)3)13-10-5-4-9(10)12(15)16/h6,9-10,13H,4-5H2,1-3H3,(H,15,16). The molecule has 5 nitrogen and oxygen atoms in total. The lowest BCUT2D eigenvalue weighted by Gasteiger charge is -2.36. The topological polar surface area (TPSA) is 75.4 Å². The molecule has 1 aliphatic carbocycles. The molecular formula is C12H18N2O3. The van der Waals surface area contributed by atoms with Crippen molar-refractivity contribution in [2.75, 3.05) is 0 Å². The van der Waals surface area contributed by atoms with Crippen molar-refractivity contribution in [2.24, 2.45) is 5.92 Å². The fourth-order valence-electron chi connectivity index (χ4n) is 2.51. The highest BCUT2D eigenvalue weighted by atomic mass is 16.5. The van der Waals surface area contributed by atoms with Crippen LogP contribution in [0.15, 0.2) is 4.52 Å². The summed E-state index contributed by atoms with van der Waals surface area (Å²) in [5.41, 5.74) is 1.91. The van der Waals surface area contributed by atoms with E-state index in [-0.39, 0.29) is 18.0 Å². The maximum atomic E-state index is 10.9. The molecule has 0 aliphatic heterocycles. The predicted octanol–water partition coefficient (Wildman–Crippen LogP) is 1.81. The first-order valence-electron chi connectivity index (χ1n) is 5.92. The second-order valence-electron chi connectivity index (χ2n) is 4.75. The van der Waals surface area contributed by atoms with Gasteiger partial charge in [0.1, 0.15) is 5.76 Å². The molecule has 17 heavy (non-hydrogen) atoms. The fourth-order valence-corrected chi connectivity index (χ4v) is 2.51. The van der Waals surface area contributed by atoms with Crippen LogP contribution in [0.3, 0.4) is 0 Å². The van der Waals surface area contributed by atoms with E-state index < -0.39 is 5.97 Å². The monoisotopic (exact) mass is 238 g/mol. The molecule has 1 aromatic rings. The molecular weight excluding hydrogens is 220 g/mol. The Kier molecular flexibility index (Phi) is 3.19. The molecule has 3 unspecified atom stereocenters. The van der Waals surface area contributed by atoms with E-state index >= 15 is 0 Å². The summed E-state index contributed by atoms with van der Waals surface area (Å²) in [6, 6.07) is 0.143. The van der Waals surface area contributed by atoms with Crippen molar-refractivity contribution in [1.82, 2.24) is 10.5 Å². The Bertz CT molecular complexity index is 408. The van der Waals surface area contributed by atoms with Crippen LogP contribution in [0.1, 0.15) is 42.8 Å². The minimum absolute atomic E-state index is 0.0659. The average molecular weight is 238 g/mol. The van der Waals surface area contributed by atoms with Crippen molar-refractivity contribution < 1.29 is 14.4 Å². The van der Waals surface area contributed by atoms with E-state index in [1.807, 2.05) is 20.8 Å². The zero-order chi connectivity index (χ0) is 12.6. The second-order valence-corrected chi connectivity index (χ2v) is 4.75. The van der Waals surface area contributed by atoms with Gasteiger partial charge in [0.2, 0.25) is 0 Å². The number of carbonyl (C=O) groups is 1. The zero-order valence-electron chi connectivity index (χ0n) is 10.4. The van der Waals surface area contributed by atoms with E-state index in [4.69, 9.17) is 9.63 Å². The summed E-state index contributed by atoms with van der Waals surface area (Å²) in [4.78, 5) is 10.9. The van der Waals surface area contributed by atoms with E-state index in [1.165, 1.54) is 0 Å². The van der Waals surface area contributed by atoms with Crippen LogP contribution in [0.4, 0.5) is 0 Å². The molecule has 3 atom stereocenters. The molecule has 94 valence electrons. The maximum Gasteiger partial charge on any atom is 0.308 e. The predicted molar refractivity (Wildman–Crippen MR) is 61.7 cm³/mol. The molecule has 5 heteroatoms. The van der Waals surface area contributed by atoms with Crippen LogP contribution < -0.4 is 5.32 Å². The van der Waals surface area contributed by atoms with Gasteiger partial charge in [0, 0.05) is 17.6 Å². The molecule has 2 rings (SSSR count). The van der Waals surface area contributed by atoms with Crippen LogP contribution in [0.25, 0.3) is 0 Å². The minimum Gasteiger partial charge on any atom is -0.481 e. The Hall–Kier alpha value is -1.36. The van der Waals surface area contributed by atoms with Crippen molar-refractivity contribution in [3.63, 3.8) is 0 Å². The van der Waals surface area contributed by atoms with Gasteiger partial charge in [0.05, 0.1) is 11.6 Å². The van der Waals surface area contributed by atoms with Gasteiger partial charge < -0.3 is 14.9 Å². The van der Waals surface area contributed by atoms with Crippen LogP contribution >= 0.6 is 0 Å². The third-order valence-corrected chi connectivity index (χ3v) is 3.58. The summed E-state index contributed by atoms with van der Waals surface area (Å²) >= 11 is 0. The molecule has 1 fully saturated rings. The molecule has 0 amide bonds. The number of aromatic nitrogens is 1. The van der Waals surface area contributed by atoms with Gasteiger partial charge >= 0.3 is 5.97 Å². The Morgan fingerprint density at radius 1 is 1.53 bits per heavy atom. The number of rotatable bonds is 4. The highest BCUT2D eigenvalue weighted by molar-refractivity contribution is 5.72. The maximum absolute atomic E-state index is 10.9. The summed E-state index contributed by atoms with van der Waals surface area (Å²) in [5, 5.41) is 16.2. The molecule has 0 radical (unpaired) electrons. The van der Waals surface area contributed by atoms with Crippen LogP contribution in [-0.4, -0.2) is 22.3 Å². The molecule has 0 saturated heterocycles. The number of carboxylic acids is 1. The lowest BCUT2D eigenvalue weighted by Crippen LogP contribution is -2.48. The molecule has 1 saturated carbocycles. The van der Waals surface area contributed by atoms with Gasteiger partial charge in [-0.1, -0.05) is 5.16 Å². The van der Waals surface area contributed by atoms with E-state index in [2.05, 4.69) is 10.5 Å². The lowest BCUT2D eigenvalue weighted by molar-refractivity contribution is -0.146. The first kappa shape index (κ1) is 12.1. The number of aliphatic carboxylic acids is 1. The second kappa shape index (κ2) is 4.49. The first-order valence-corrected chi connectivity index (χ1v) is 5.92. The highest BCUT2D eigenvalue weighted by Crippen LogP contribution is 2.31. The molecule has 1 heterocycles. The van der Waals surface area contributed by atoms with Crippen molar-refractivity contribution in [3.05, 3.63) is 17.0 Å². The van der Waals surface area contributed by atoms with Gasteiger partial charge in [-0.15, -0.1) is 0 Å². The third kappa shape index (κ3) is 2.20. The highest BCUT2D eigenvalue weighted by Gasteiger charge is 2.37. The Labute approximate surface area is 100 Å². The van der Waals surface area contributed by atoms with Gasteiger partial charge in [-0.2, -0.15) is 0 Å². The molecule has 2 N–H and O–H groups in total. The van der Waals surface area contributed by atoms with Crippen LogP contribution in [0.2, 0.25) is 0 Å². The largest absolute Gasteiger partial charge is 0.481 e. The SMILES string of the molecule is Cc1noc(C)c1C(C)NC1CCC1C(=O)O. The van der Waals surface area contributed by atoms with Crippen LogP contribution in [0, 0.1) is 19.8 Å². The first-order chi connectivity index (χ1) is 8.00. The Balaban J connectivity index is 2.03. The van der Waals surface area contributed by atoms with E-state index in [1.54, 1.807) is 0 Å². The van der Waals surface area contributed by atoms with Gasteiger partial charge in [0.15, 0.2) is 0 Å². The van der Waals surface area contributed by atoms with Gasteiger partial charge in [-0.3, -0.25) is 4.79 Å². The van der Waals surface area contributed by atoms with Crippen molar-refractivity contribution in [1.29, 1.82) is 0 Å². The van der Waals surface area contributed by atoms with Crippen molar-refractivity contribution >= 4 is 5.97 Å². The molecule has 0 aromatic carbocycles. The quantitative estimate of drug-likeness (QED) is 0.836. The summed E-state index contributed by atoms with van der Waals surface area (Å²) in [5.74, 6) is -0.161. The number of aryl methyl sites for hydroxylation is 2. The summed E-state index contributed by atoms with van der Waals surface area (Å²) in [7, 11) is 0. The van der Waals surface area contributed by atoms with Crippen LogP contribution in [0.5, 0.6) is 0 Å². The van der Waals surface area contributed by atoms with Crippen molar-refractivity contribution in [3.8, 4) is 0 Å². The summed E-state index contributed by atoms with van der Waals surface area (Å²) < 4.78 is 5.12. The van der Waals surface area contributed by atoms with Crippen LogP contribution in [-0.2, 0) is 4.79 Å². The smallest absolute Gasteiger partial charge is 0.308 e. The summed E-state index contributed by atoms with van der Waals surface area (Å²) in [6.45, 7) is 5.80. The van der Waals surface area contributed by atoms with Gasteiger partial charge in [-0.05, 0) is 33.6 Å². The van der Waals surface area contributed by atoms with Gasteiger partial charge in [0.25, 0.3) is 0 Å². The number of hydrogen-bond donors (Lipinski definition) is 2. The zero-order valence-corrected chi connectivity index (χ0v) is 10.4. The third-order valence-electron chi connectivity index (χ3n) is 3.58. The lowest BCUT2D eigenvalue weighted by atomic mass is 9.79. The summed E-state index contributed by atoms with van der Waals surface area (Å²) in [6.07, 6.45) is 1.69. The molecule has 1 aromatic heterocycles. The van der Waals surface area contributed by atoms with Crippen molar-refractivity contribution in [2.45, 2.75) is 45.7 Å². The normalized spacial score (nSPS) is 25.4. The number of nitrogens with zero attached hydrogens (tertiary/aromatic N) is 1. The number of carboxylic acid groups (broad SMARTS) is 1. The van der Waals surface area contributed by atoms with E-state index in [9.17, 15) is 4.79 Å². The Morgan fingerprint density at radius 3 is 2.65 bits per heavy atom. The number of hydrogen-bond acceptors (Lipinski definition) is 4. The average Bonchev–Trinajstić information content (AvgIpc) is 2.52.